The van der Waals surface area contributed by atoms with Crippen molar-refractivity contribution in [3.8, 4) is 12.3 Å². The monoisotopic (exact) mass is 470 g/mol. The number of carbonyl (C=O) groups is 4. The number of hydrogen-bond donors (Lipinski definition) is 3. The fourth-order valence-electron chi connectivity index (χ4n) is 3.11. The van der Waals surface area contributed by atoms with Crippen LogP contribution in [0.2, 0.25) is 0 Å². The summed E-state index contributed by atoms with van der Waals surface area (Å²) in [5, 5.41) is 5.21. The first-order valence-electron chi connectivity index (χ1n) is 10.8. The van der Waals surface area contributed by atoms with Crippen LogP contribution < -0.4 is 16.4 Å². The summed E-state index contributed by atoms with van der Waals surface area (Å²) in [4.78, 5) is 52.1. The van der Waals surface area contributed by atoms with Gasteiger partial charge in [0.05, 0.1) is 6.42 Å². The number of nitrogens with two attached hydrogens (primary N) is 1. The maximum atomic E-state index is 13.6. The van der Waals surface area contributed by atoms with Crippen molar-refractivity contribution in [2.45, 2.75) is 64.8 Å². The third kappa shape index (κ3) is 8.98. The van der Waals surface area contributed by atoms with Gasteiger partial charge < -0.3 is 26.0 Å². The number of benzene rings is 1. The third-order valence-electron chi connectivity index (χ3n) is 4.39. The van der Waals surface area contributed by atoms with Gasteiger partial charge in [0.2, 0.25) is 17.7 Å². The second kappa shape index (κ2) is 12.4. The molecule has 184 valence electrons. The number of alkyl carbamates (subject to hydrolysis) is 1. The van der Waals surface area contributed by atoms with Crippen LogP contribution in [0, 0.1) is 12.3 Å². The van der Waals surface area contributed by atoms with Crippen LogP contribution in [-0.4, -0.2) is 52.9 Å². The minimum Gasteiger partial charge on any atom is -0.444 e. The first kappa shape index (κ1) is 28.2. The molecule has 9 nitrogen and oxygen atoms in total. The molecule has 2 atom stereocenters. The van der Waals surface area contributed by atoms with Gasteiger partial charge in [0.25, 0.3) is 0 Å². The Morgan fingerprint density at radius 1 is 1.18 bits per heavy atom. The van der Waals surface area contributed by atoms with Crippen molar-refractivity contribution in [3.05, 3.63) is 48.0 Å². The van der Waals surface area contributed by atoms with Crippen LogP contribution in [0.5, 0.6) is 0 Å². The number of amides is 4. The SMILES string of the molecule is C#Cc1ccc(C(C(=O)NC(C)C)N(CC=C)C(=O)C(CC(N)=O)NC(=O)OC(C)(C)C)cc1. The second-order valence-corrected chi connectivity index (χ2v) is 8.98. The highest BCUT2D eigenvalue weighted by Crippen LogP contribution is 2.24. The quantitative estimate of drug-likeness (QED) is 0.356. The summed E-state index contributed by atoms with van der Waals surface area (Å²) >= 11 is 0. The Morgan fingerprint density at radius 3 is 2.21 bits per heavy atom. The zero-order valence-corrected chi connectivity index (χ0v) is 20.4. The number of hydrogen-bond acceptors (Lipinski definition) is 5. The lowest BCUT2D eigenvalue weighted by atomic mass is 10.0. The van der Waals surface area contributed by atoms with Gasteiger partial charge >= 0.3 is 6.09 Å². The fourth-order valence-corrected chi connectivity index (χ4v) is 3.11. The van der Waals surface area contributed by atoms with Gasteiger partial charge in [-0.1, -0.05) is 24.1 Å². The van der Waals surface area contributed by atoms with Crippen molar-refractivity contribution in [1.82, 2.24) is 15.5 Å². The number of primary amides is 1. The number of terminal acetylenes is 1. The van der Waals surface area contributed by atoms with E-state index in [1.54, 1.807) is 58.9 Å². The van der Waals surface area contributed by atoms with Gasteiger partial charge in [0, 0.05) is 18.2 Å². The molecule has 0 radical (unpaired) electrons. The van der Waals surface area contributed by atoms with Crippen LogP contribution >= 0.6 is 0 Å². The molecule has 1 rings (SSSR count). The molecule has 34 heavy (non-hydrogen) atoms. The molecule has 0 aliphatic rings. The topological polar surface area (TPSA) is 131 Å². The molecule has 9 heteroatoms. The van der Waals surface area contributed by atoms with Crippen molar-refractivity contribution in [1.29, 1.82) is 0 Å². The Bertz CT molecular complexity index is 942. The molecule has 1 aromatic rings. The smallest absolute Gasteiger partial charge is 0.408 e. The highest BCUT2D eigenvalue weighted by atomic mass is 16.6. The molecule has 0 bridgehead atoms. The summed E-state index contributed by atoms with van der Waals surface area (Å²) in [6.45, 7) is 12.2. The van der Waals surface area contributed by atoms with Crippen LogP contribution in [0.25, 0.3) is 0 Å². The summed E-state index contributed by atoms with van der Waals surface area (Å²) in [5.41, 5.74) is 5.60. The van der Waals surface area contributed by atoms with Crippen molar-refractivity contribution < 1.29 is 23.9 Å². The van der Waals surface area contributed by atoms with E-state index < -0.39 is 47.9 Å². The molecule has 0 aliphatic heterocycles. The molecular formula is C25H34N4O5. The molecule has 0 saturated carbocycles. The van der Waals surface area contributed by atoms with Crippen molar-refractivity contribution in [3.63, 3.8) is 0 Å². The Hall–Kier alpha value is -3.80. The first-order chi connectivity index (χ1) is 15.8. The van der Waals surface area contributed by atoms with E-state index >= 15 is 0 Å². The van der Waals surface area contributed by atoms with E-state index in [1.807, 2.05) is 0 Å². The minimum atomic E-state index is -1.35. The lowest BCUT2D eigenvalue weighted by molar-refractivity contribution is -0.142. The fraction of sp³-hybridized carbons (Fsp3) is 0.440. The van der Waals surface area contributed by atoms with Crippen molar-refractivity contribution in [2.24, 2.45) is 5.73 Å². The van der Waals surface area contributed by atoms with E-state index in [0.717, 1.165) is 0 Å². The third-order valence-corrected chi connectivity index (χ3v) is 4.39. The molecular weight excluding hydrogens is 436 g/mol. The van der Waals surface area contributed by atoms with Gasteiger partial charge in [-0.3, -0.25) is 14.4 Å². The molecule has 0 aliphatic carbocycles. The van der Waals surface area contributed by atoms with Crippen LogP contribution in [0.4, 0.5) is 4.79 Å². The Labute approximate surface area is 201 Å². The lowest BCUT2D eigenvalue weighted by Gasteiger charge is -2.34. The van der Waals surface area contributed by atoms with E-state index in [2.05, 4.69) is 23.1 Å². The van der Waals surface area contributed by atoms with E-state index in [4.69, 9.17) is 16.9 Å². The van der Waals surface area contributed by atoms with E-state index in [1.165, 1.54) is 11.0 Å². The molecule has 0 fully saturated rings. The average Bonchev–Trinajstić information content (AvgIpc) is 2.70. The molecule has 4 amide bonds. The van der Waals surface area contributed by atoms with Gasteiger partial charge in [-0.05, 0) is 52.3 Å². The number of rotatable bonds is 10. The predicted octanol–water partition coefficient (Wildman–Crippen LogP) is 2.02. The number of nitrogens with zero attached hydrogens (tertiary/aromatic N) is 1. The zero-order valence-electron chi connectivity index (χ0n) is 20.4. The largest absolute Gasteiger partial charge is 0.444 e. The van der Waals surface area contributed by atoms with Gasteiger partial charge in [0.1, 0.15) is 17.7 Å². The summed E-state index contributed by atoms with van der Waals surface area (Å²) in [5.74, 6) is 0.541. The average molecular weight is 471 g/mol. The molecule has 0 spiro atoms. The summed E-state index contributed by atoms with van der Waals surface area (Å²) in [6, 6.07) is 3.95. The Morgan fingerprint density at radius 2 is 1.76 bits per heavy atom. The highest BCUT2D eigenvalue weighted by molar-refractivity contribution is 5.94. The minimum absolute atomic E-state index is 0.0445. The normalized spacial score (nSPS) is 12.6. The number of carbonyl (C=O) groups excluding carboxylic acids is 4. The van der Waals surface area contributed by atoms with Gasteiger partial charge in [0.15, 0.2) is 0 Å². The van der Waals surface area contributed by atoms with Gasteiger partial charge in [-0.25, -0.2) is 4.79 Å². The van der Waals surface area contributed by atoms with Crippen LogP contribution in [-0.2, 0) is 19.1 Å². The van der Waals surface area contributed by atoms with Gasteiger partial charge in [-0.15, -0.1) is 13.0 Å². The molecule has 2 unspecified atom stereocenters. The molecule has 4 N–H and O–H groups in total. The maximum Gasteiger partial charge on any atom is 0.408 e. The molecule has 0 aromatic heterocycles. The van der Waals surface area contributed by atoms with E-state index in [-0.39, 0.29) is 12.6 Å². The molecule has 0 saturated heterocycles. The summed E-state index contributed by atoms with van der Waals surface area (Å²) < 4.78 is 5.22. The van der Waals surface area contributed by atoms with Crippen LogP contribution in [0.15, 0.2) is 36.9 Å². The molecule has 1 aromatic carbocycles. The Kier molecular flexibility index (Phi) is 10.3. The van der Waals surface area contributed by atoms with Crippen molar-refractivity contribution in [2.75, 3.05) is 6.54 Å². The highest BCUT2D eigenvalue weighted by Gasteiger charge is 2.36. The standard InChI is InChI=1S/C25H34N4O5/c1-8-14-29(23(32)19(15-20(26)30)28-24(33)34-25(5,6)7)21(22(31)27-16(3)4)18-12-10-17(9-2)11-13-18/h2,8,10-13,16,19,21H,1,14-15H2,3-7H3,(H2,26,30)(H,27,31)(H,28,33). The summed E-state index contributed by atoms with van der Waals surface area (Å²) in [6.07, 6.45) is 5.49. The zero-order chi connectivity index (χ0) is 26.1. The predicted molar refractivity (Wildman–Crippen MR) is 129 cm³/mol. The summed E-state index contributed by atoms with van der Waals surface area (Å²) in [7, 11) is 0. The van der Waals surface area contributed by atoms with Gasteiger partial charge in [-0.2, -0.15) is 0 Å². The maximum absolute atomic E-state index is 13.6. The van der Waals surface area contributed by atoms with Crippen LogP contribution in [0.1, 0.15) is 58.2 Å². The molecule has 0 heterocycles. The Balaban J connectivity index is 3.45. The van der Waals surface area contributed by atoms with E-state index in [9.17, 15) is 19.2 Å². The second-order valence-electron chi connectivity index (χ2n) is 8.98. The first-order valence-corrected chi connectivity index (χ1v) is 10.8. The number of nitrogens with one attached hydrogen (secondary N) is 2. The number of ether oxygens (including phenoxy) is 1. The van der Waals surface area contributed by atoms with E-state index in [0.29, 0.717) is 11.1 Å². The van der Waals surface area contributed by atoms with Crippen molar-refractivity contribution >= 4 is 23.8 Å². The lowest BCUT2D eigenvalue weighted by Crippen LogP contribution is -2.54. The van der Waals surface area contributed by atoms with Crippen LogP contribution in [0.3, 0.4) is 0 Å².